The second kappa shape index (κ2) is 4.44. The number of hydrogen-bond acceptors (Lipinski definition) is 5. The van der Waals surface area contributed by atoms with E-state index in [1.807, 2.05) is 6.07 Å². The van der Waals surface area contributed by atoms with Crippen LogP contribution in [-0.2, 0) is 0 Å². The Labute approximate surface area is 115 Å². The Morgan fingerprint density at radius 3 is 2.56 bits per heavy atom. The van der Waals surface area contributed by atoms with Gasteiger partial charge in [0.1, 0.15) is 10.0 Å². The molecule has 2 rings (SSSR count). The molecule has 84 valence electrons. The third-order valence-corrected chi connectivity index (χ3v) is 5.00. The van der Waals surface area contributed by atoms with Crippen molar-refractivity contribution >= 4 is 65.5 Å². The van der Waals surface area contributed by atoms with Gasteiger partial charge < -0.3 is 10.8 Å². The average Bonchev–Trinajstić information content (AvgIpc) is 2.69. The van der Waals surface area contributed by atoms with E-state index in [4.69, 9.17) is 10.8 Å². The molecule has 0 fully saturated rings. The van der Waals surface area contributed by atoms with E-state index in [9.17, 15) is 4.79 Å². The van der Waals surface area contributed by atoms with Gasteiger partial charge in [-0.25, -0.2) is 9.78 Å². The van der Waals surface area contributed by atoms with E-state index in [0.717, 1.165) is 24.5 Å². The van der Waals surface area contributed by atoms with Crippen molar-refractivity contribution in [2.45, 2.75) is 0 Å². The van der Waals surface area contributed by atoms with E-state index in [1.54, 1.807) is 0 Å². The second-order valence-corrected chi connectivity index (χ2v) is 7.55. The number of aromatic carboxylic acids is 1. The lowest BCUT2D eigenvalue weighted by atomic mass is 10.3. The van der Waals surface area contributed by atoms with Gasteiger partial charge in [-0.3, -0.25) is 0 Å². The quantitative estimate of drug-likeness (QED) is 0.829. The maximum Gasteiger partial charge on any atom is 0.357 e. The predicted molar refractivity (Wildman–Crippen MR) is 72.2 cm³/mol. The summed E-state index contributed by atoms with van der Waals surface area (Å²) in [5.74, 6) is -1.11. The summed E-state index contributed by atoms with van der Waals surface area (Å²) in [6, 6.07) is 1.87. The molecule has 0 aliphatic heterocycles. The molecule has 0 amide bonds. The number of halogens is 2. The Bertz CT molecular complexity index is 564. The smallest absolute Gasteiger partial charge is 0.357 e. The molecule has 0 aliphatic rings. The van der Waals surface area contributed by atoms with Gasteiger partial charge in [-0.1, -0.05) is 11.3 Å². The fourth-order valence-corrected chi connectivity index (χ4v) is 4.93. The Hall–Kier alpha value is -0.440. The van der Waals surface area contributed by atoms with Crippen LogP contribution < -0.4 is 5.73 Å². The SMILES string of the molecule is Nc1sc(-c2cc(Br)sc2Br)nc1C(=O)O. The zero-order valence-corrected chi connectivity index (χ0v) is 12.3. The summed E-state index contributed by atoms with van der Waals surface area (Å²) in [6.07, 6.45) is 0. The lowest BCUT2D eigenvalue weighted by Crippen LogP contribution is -2.00. The molecule has 0 radical (unpaired) electrons. The molecular formula is C8H4Br2N2O2S2. The molecule has 0 saturated heterocycles. The van der Waals surface area contributed by atoms with Crippen molar-refractivity contribution in [1.82, 2.24) is 4.98 Å². The van der Waals surface area contributed by atoms with Gasteiger partial charge in [-0.2, -0.15) is 0 Å². The van der Waals surface area contributed by atoms with Crippen LogP contribution in [0.5, 0.6) is 0 Å². The standard InChI is InChI=1S/C8H4Br2N2O2S2/c9-3-1-2(5(10)15-3)7-12-4(8(13)14)6(11)16-7/h1H,11H2,(H,13,14). The van der Waals surface area contributed by atoms with Crippen LogP contribution in [0.4, 0.5) is 5.00 Å². The number of aromatic nitrogens is 1. The number of carboxylic acid groups (broad SMARTS) is 1. The highest BCUT2D eigenvalue weighted by molar-refractivity contribution is 9.12. The van der Waals surface area contributed by atoms with Gasteiger partial charge in [0.2, 0.25) is 0 Å². The molecule has 2 heterocycles. The fraction of sp³-hybridized carbons (Fsp3) is 0. The molecule has 8 heteroatoms. The molecule has 0 aromatic carbocycles. The van der Waals surface area contributed by atoms with E-state index in [-0.39, 0.29) is 10.7 Å². The number of carbonyl (C=O) groups is 1. The molecule has 0 aliphatic carbocycles. The fourth-order valence-electron chi connectivity index (χ4n) is 1.09. The lowest BCUT2D eigenvalue weighted by Gasteiger charge is -1.89. The molecule has 2 aromatic rings. The highest BCUT2D eigenvalue weighted by Crippen LogP contribution is 2.41. The number of thiophene rings is 1. The van der Waals surface area contributed by atoms with Crippen LogP contribution in [-0.4, -0.2) is 16.1 Å². The summed E-state index contributed by atoms with van der Waals surface area (Å²) in [7, 11) is 0. The van der Waals surface area contributed by atoms with Crippen LogP contribution in [0.3, 0.4) is 0 Å². The number of anilines is 1. The van der Waals surface area contributed by atoms with E-state index in [1.165, 1.54) is 11.3 Å². The van der Waals surface area contributed by atoms with Crippen LogP contribution in [0, 0.1) is 0 Å². The van der Waals surface area contributed by atoms with Gasteiger partial charge >= 0.3 is 5.97 Å². The van der Waals surface area contributed by atoms with Crippen LogP contribution in [0.1, 0.15) is 10.5 Å². The lowest BCUT2D eigenvalue weighted by molar-refractivity contribution is 0.0692. The molecule has 3 N–H and O–H groups in total. The predicted octanol–water partition coefficient (Wildman–Crippen LogP) is 3.68. The zero-order chi connectivity index (χ0) is 11.9. The van der Waals surface area contributed by atoms with Crippen LogP contribution >= 0.6 is 54.5 Å². The first-order valence-corrected chi connectivity index (χ1v) is 7.15. The van der Waals surface area contributed by atoms with E-state index >= 15 is 0 Å². The van der Waals surface area contributed by atoms with Crippen molar-refractivity contribution in [2.75, 3.05) is 5.73 Å². The van der Waals surface area contributed by atoms with Crippen LogP contribution in [0.25, 0.3) is 10.6 Å². The van der Waals surface area contributed by atoms with Crippen molar-refractivity contribution in [3.63, 3.8) is 0 Å². The van der Waals surface area contributed by atoms with E-state index in [2.05, 4.69) is 36.8 Å². The molecule has 0 spiro atoms. The maximum absolute atomic E-state index is 10.8. The molecule has 0 bridgehead atoms. The van der Waals surface area contributed by atoms with Gasteiger partial charge in [-0.05, 0) is 37.9 Å². The molecular weight excluding hydrogens is 380 g/mol. The van der Waals surface area contributed by atoms with Crippen molar-refractivity contribution < 1.29 is 9.90 Å². The Kier molecular flexibility index (Phi) is 3.34. The minimum absolute atomic E-state index is 0.0887. The van der Waals surface area contributed by atoms with Gasteiger partial charge in [0.05, 0.1) is 7.57 Å². The highest BCUT2D eigenvalue weighted by Gasteiger charge is 2.18. The first-order chi connectivity index (χ1) is 7.49. The average molecular weight is 384 g/mol. The number of carboxylic acids is 1. The van der Waals surface area contributed by atoms with Crippen LogP contribution in [0.2, 0.25) is 0 Å². The molecule has 0 unspecified atom stereocenters. The monoisotopic (exact) mass is 382 g/mol. The summed E-state index contributed by atoms with van der Waals surface area (Å²) in [6.45, 7) is 0. The van der Waals surface area contributed by atoms with Crippen molar-refractivity contribution in [3.8, 4) is 10.6 Å². The molecule has 0 saturated carbocycles. The Balaban J connectivity index is 2.53. The van der Waals surface area contributed by atoms with Crippen molar-refractivity contribution in [1.29, 1.82) is 0 Å². The highest BCUT2D eigenvalue weighted by atomic mass is 79.9. The zero-order valence-electron chi connectivity index (χ0n) is 7.53. The third kappa shape index (κ3) is 2.15. The normalized spacial score (nSPS) is 10.6. The Morgan fingerprint density at radius 1 is 1.44 bits per heavy atom. The Morgan fingerprint density at radius 2 is 2.12 bits per heavy atom. The molecule has 16 heavy (non-hydrogen) atoms. The minimum Gasteiger partial charge on any atom is -0.476 e. The summed E-state index contributed by atoms with van der Waals surface area (Å²) in [4.78, 5) is 14.8. The van der Waals surface area contributed by atoms with E-state index in [0.29, 0.717) is 5.01 Å². The van der Waals surface area contributed by atoms with Gasteiger partial charge in [-0.15, -0.1) is 11.3 Å². The second-order valence-electron chi connectivity index (χ2n) is 2.77. The third-order valence-electron chi connectivity index (χ3n) is 1.74. The van der Waals surface area contributed by atoms with Gasteiger partial charge in [0, 0.05) is 5.56 Å². The molecule has 2 aromatic heterocycles. The number of nitrogens with zero attached hydrogens (tertiary/aromatic N) is 1. The van der Waals surface area contributed by atoms with E-state index < -0.39 is 5.97 Å². The van der Waals surface area contributed by atoms with Crippen molar-refractivity contribution in [3.05, 3.63) is 19.3 Å². The first-order valence-electron chi connectivity index (χ1n) is 3.94. The minimum atomic E-state index is -1.11. The summed E-state index contributed by atoms with van der Waals surface area (Å²) < 4.78 is 1.84. The van der Waals surface area contributed by atoms with Gasteiger partial charge in [0.25, 0.3) is 0 Å². The van der Waals surface area contributed by atoms with Crippen LogP contribution in [0.15, 0.2) is 13.6 Å². The van der Waals surface area contributed by atoms with Gasteiger partial charge in [0.15, 0.2) is 5.69 Å². The number of nitrogen functional groups attached to an aromatic ring is 1. The van der Waals surface area contributed by atoms with Crippen molar-refractivity contribution in [2.24, 2.45) is 0 Å². The maximum atomic E-state index is 10.8. The number of hydrogen-bond donors (Lipinski definition) is 2. The molecule has 4 nitrogen and oxygen atoms in total. The topological polar surface area (TPSA) is 76.2 Å². The summed E-state index contributed by atoms with van der Waals surface area (Å²) in [5.41, 5.74) is 6.35. The number of nitrogens with two attached hydrogens (primary N) is 1. The summed E-state index contributed by atoms with van der Waals surface area (Å²) in [5, 5.41) is 9.67. The largest absolute Gasteiger partial charge is 0.476 e. The summed E-state index contributed by atoms with van der Waals surface area (Å²) >= 11 is 9.41. The number of thiazole rings is 1. The first kappa shape index (κ1) is 12.0. The number of rotatable bonds is 2. The molecule has 0 atom stereocenters.